The number of anilines is 1. The van der Waals surface area contributed by atoms with E-state index in [9.17, 15) is 0 Å². The Morgan fingerprint density at radius 2 is 1.62 bits per heavy atom. The van der Waals surface area contributed by atoms with Gasteiger partial charge in [0.1, 0.15) is 11.3 Å². The maximum absolute atomic E-state index is 6.01. The summed E-state index contributed by atoms with van der Waals surface area (Å²) in [6, 6.07) is 20.1. The average Bonchev–Trinajstić information content (AvgIpc) is 3.05. The molecular weight excluding hydrogens is 322 g/mol. The van der Waals surface area contributed by atoms with E-state index in [0.29, 0.717) is 5.89 Å². The molecule has 26 heavy (non-hydrogen) atoms. The number of benzene rings is 2. The molecule has 0 aliphatic carbocycles. The molecule has 0 fully saturated rings. The van der Waals surface area contributed by atoms with Gasteiger partial charge < -0.3 is 9.73 Å². The standard InChI is InChI=1S/C22H21N3O/c1-22(2,3)25-20-17(21-24-18-11-7-8-12-19(18)26-21)13-16(14-23-20)15-9-5-4-6-10-15/h4-14H,1-3H3,(H,23,25). The van der Waals surface area contributed by atoms with Crippen LogP contribution in [0.2, 0.25) is 0 Å². The minimum absolute atomic E-state index is 0.123. The summed E-state index contributed by atoms with van der Waals surface area (Å²) < 4.78 is 6.01. The molecular formula is C22H21N3O. The van der Waals surface area contributed by atoms with Gasteiger partial charge >= 0.3 is 0 Å². The Balaban J connectivity index is 1.88. The zero-order chi connectivity index (χ0) is 18.1. The number of nitrogens with one attached hydrogen (secondary N) is 1. The van der Waals surface area contributed by atoms with Crippen LogP contribution < -0.4 is 5.32 Å². The second kappa shape index (κ2) is 6.30. The number of pyridine rings is 1. The fraction of sp³-hybridized carbons (Fsp3) is 0.182. The van der Waals surface area contributed by atoms with E-state index in [-0.39, 0.29) is 5.54 Å². The average molecular weight is 343 g/mol. The van der Waals surface area contributed by atoms with Gasteiger partial charge in [-0.2, -0.15) is 0 Å². The van der Waals surface area contributed by atoms with Crippen molar-refractivity contribution in [2.75, 3.05) is 5.32 Å². The first-order valence-electron chi connectivity index (χ1n) is 8.69. The zero-order valence-electron chi connectivity index (χ0n) is 15.2. The molecule has 0 saturated heterocycles. The fourth-order valence-corrected chi connectivity index (χ4v) is 2.86. The van der Waals surface area contributed by atoms with E-state index >= 15 is 0 Å². The Bertz CT molecular complexity index is 1010. The third-order valence-corrected chi connectivity index (χ3v) is 4.01. The van der Waals surface area contributed by atoms with E-state index in [2.05, 4.69) is 54.3 Å². The first-order valence-corrected chi connectivity index (χ1v) is 8.69. The predicted octanol–water partition coefficient (Wildman–Crippen LogP) is 5.77. The number of fused-ring (bicyclic) bond motifs is 1. The molecule has 0 radical (unpaired) electrons. The van der Waals surface area contributed by atoms with Gasteiger partial charge in [0.2, 0.25) is 5.89 Å². The molecule has 0 saturated carbocycles. The summed E-state index contributed by atoms with van der Waals surface area (Å²) in [4.78, 5) is 9.34. The summed E-state index contributed by atoms with van der Waals surface area (Å²) in [5, 5.41) is 3.46. The van der Waals surface area contributed by atoms with Crippen molar-refractivity contribution < 1.29 is 4.42 Å². The Hall–Kier alpha value is -3.14. The van der Waals surface area contributed by atoms with Gasteiger partial charge in [0.25, 0.3) is 0 Å². The molecule has 4 heteroatoms. The third-order valence-electron chi connectivity index (χ3n) is 4.01. The molecule has 4 nitrogen and oxygen atoms in total. The molecule has 1 N–H and O–H groups in total. The topological polar surface area (TPSA) is 51.0 Å². The Morgan fingerprint density at radius 3 is 2.35 bits per heavy atom. The van der Waals surface area contributed by atoms with Gasteiger partial charge in [-0.15, -0.1) is 0 Å². The van der Waals surface area contributed by atoms with Crippen LogP contribution in [0.1, 0.15) is 20.8 Å². The summed E-state index contributed by atoms with van der Waals surface area (Å²) in [5.41, 5.74) is 4.49. The van der Waals surface area contributed by atoms with Gasteiger partial charge in [-0.05, 0) is 44.5 Å². The molecule has 2 heterocycles. The van der Waals surface area contributed by atoms with Crippen LogP contribution in [0.3, 0.4) is 0 Å². The monoisotopic (exact) mass is 343 g/mol. The highest BCUT2D eigenvalue weighted by Crippen LogP contribution is 2.33. The molecule has 0 amide bonds. The molecule has 0 unspecified atom stereocenters. The molecule has 130 valence electrons. The number of nitrogens with zero attached hydrogens (tertiary/aromatic N) is 2. The summed E-state index contributed by atoms with van der Waals surface area (Å²) in [6.07, 6.45) is 1.88. The van der Waals surface area contributed by atoms with Crippen molar-refractivity contribution in [2.24, 2.45) is 0 Å². The number of hydrogen-bond acceptors (Lipinski definition) is 4. The van der Waals surface area contributed by atoms with Gasteiger partial charge in [-0.1, -0.05) is 42.5 Å². The van der Waals surface area contributed by atoms with Crippen LogP contribution in [0.15, 0.2) is 71.3 Å². The van der Waals surface area contributed by atoms with Crippen LogP contribution in [0.4, 0.5) is 5.82 Å². The second-order valence-electron chi connectivity index (χ2n) is 7.35. The highest BCUT2D eigenvalue weighted by molar-refractivity contribution is 5.81. The molecule has 0 aliphatic rings. The highest BCUT2D eigenvalue weighted by Gasteiger charge is 2.19. The summed E-state index contributed by atoms with van der Waals surface area (Å²) in [6.45, 7) is 6.32. The largest absolute Gasteiger partial charge is 0.436 e. The van der Waals surface area contributed by atoms with Crippen molar-refractivity contribution in [3.05, 3.63) is 66.9 Å². The van der Waals surface area contributed by atoms with Gasteiger partial charge in [-0.25, -0.2) is 9.97 Å². The van der Waals surface area contributed by atoms with Crippen molar-refractivity contribution in [2.45, 2.75) is 26.3 Å². The Morgan fingerprint density at radius 1 is 0.885 bits per heavy atom. The Kier molecular flexibility index (Phi) is 3.96. The number of oxazole rings is 1. The lowest BCUT2D eigenvalue weighted by molar-refractivity contribution is 0.614. The van der Waals surface area contributed by atoms with E-state index in [1.807, 2.05) is 48.7 Å². The first-order chi connectivity index (χ1) is 12.5. The smallest absolute Gasteiger partial charge is 0.231 e. The maximum Gasteiger partial charge on any atom is 0.231 e. The molecule has 0 atom stereocenters. The summed E-state index contributed by atoms with van der Waals surface area (Å²) >= 11 is 0. The maximum atomic E-state index is 6.01. The van der Waals surface area contributed by atoms with Gasteiger partial charge in [0.15, 0.2) is 5.58 Å². The quantitative estimate of drug-likeness (QED) is 0.513. The summed E-state index contributed by atoms with van der Waals surface area (Å²) in [7, 11) is 0. The second-order valence-corrected chi connectivity index (χ2v) is 7.35. The minimum Gasteiger partial charge on any atom is -0.436 e. The first kappa shape index (κ1) is 16.3. The number of para-hydroxylation sites is 2. The van der Waals surface area contributed by atoms with Gasteiger partial charge in [-0.3, -0.25) is 0 Å². The van der Waals surface area contributed by atoms with Gasteiger partial charge in [0, 0.05) is 17.3 Å². The van der Waals surface area contributed by atoms with Crippen LogP contribution in [-0.4, -0.2) is 15.5 Å². The van der Waals surface area contributed by atoms with Crippen LogP contribution in [0.25, 0.3) is 33.7 Å². The van der Waals surface area contributed by atoms with Crippen molar-refractivity contribution in [1.29, 1.82) is 0 Å². The molecule has 2 aromatic heterocycles. The molecule has 0 aliphatic heterocycles. The van der Waals surface area contributed by atoms with Crippen LogP contribution in [0, 0.1) is 0 Å². The molecule has 4 rings (SSSR count). The fourth-order valence-electron chi connectivity index (χ4n) is 2.86. The van der Waals surface area contributed by atoms with Crippen LogP contribution in [-0.2, 0) is 0 Å². The highest BCUT2D eigenvalue weighted by atomic mass is 16.3. The number of rotatable bonds is 3. The zero-order valence-corrected chi connectivity index (χ0v) is 15.2. The third kappa shape index (κ3) is 3.31. The summed E-state index contributed by atoms with van der Waals surface area (Å²) in [5.74, 6) is 1.34. The van der Waals surface area contributed by atoms with Crippen molar-refractivity contribution >= 4 is 16.9 Å². The number of aromatic nitrogens is 2. The lowest BCUT2D eigenvalue weighted by Crippen LogP contribution is -2.27. The molecule has 0 spiro atoms. The van der Waals surface area contributed by atoms with Crippen molar-refractivity contribution in [3.8, 4) is 22.6 Å². The minimum atomic E-state index is -0.123. The molecule has 2 aromatic carbocycles. The van der Waals surface area contributed by atoms with E-state index in [0.717, 1.165) is 33.6 Å². The molecule has 0 bridgehead atoms. The van der Waals surface area contributed by atoms with Gasteiger partial charge in [0.05, 0.1) is 5.56 Å². The normalized spacial score (nSPS) is 11.7. The Labute approximate surface area is 152 Å². The lowest BCUT2D eigenvalue weighted by Gasteiger charge is -2.23. The lowest BCUT2D eigenvalue weighted by atomic mass is 10.0. The van der Waals surface area contributed by atoms with E-state index in [1.165, 1.54) is 0 Å². The van der Waals surface area contributed by atoms with E-state index in [1.54, 1.807) is 0 Å². The van der Waals surface area contributed by atoms with Crippen molar-refractivity contribution in [3.63, 3.8) is 0 Å². The van der Waals surface area contributed by atoms with E-state index < -0.39 is 0 Å². The van der Waals surface area contributed by atoms with Crippen molar-refractivity contribution in [1.82, 2.24) is 9.97 Å². The van der Waals surface area contributed by atoms with Crippen LogP contribution >= 0.6 is 0 Å². The number of hydrogen-bond donors (Lipinski definition) is 1. The SMILES string of the molecule is CC(C)(C)Nc1ncc(-c2ccccc2)cc1-c1nc2ccccc2o1. The van der Waals surface area contributed by atoms with Crippen LogP contribution in [0.5, 0.6) is 0 Å². The predicted molar refractivity (Wildman–Crippen MR) is 106 cm³/mol. The van der Waals surface area contributed by atoms with E-state index in [4.69, 9.17) is 4.42 Å². The molecule has 4 aromatic rings.